The van der Waals surface area contributed by atoms with Gasteiger partial charge in [-0.15, -0.1) is 0 Å². The summed E-state index contributed by atoms with van der Waals surface area (Å²) >= 11 is 12.5. The first-order valence-corrected chi connectivity index (χ1v) is 12.5. The van der Waals surface area contributed by atoms with Gasteiger partial charge in [-0.25, -0.2) is 4.79 Å². The number of piperidine rings is 1. The highest BCUT2D eigenvalue weighted by molar-refractivity contribution is 6.30. The van der Waals surface area contributed by atoms with Gasteiger partial charge in [-0.3, -0.25) is 9.78 Å². The van der Waals surface area contributed by atoms with Crippen molar-refractivity contribution in [3.63, 3.8) is 0 Å². The van der Waals surface area contributed by atoms with E-state index in [9.17, 15) is 14.4 Å². The van der Waals surface area contributed by atoms with Gasteiger partial charge in [0.1, 0.15) is 17.9 Å². The molecule has 1 aromatic heterocycles. The molecule has 0 N–H and O–H groups in total. The number of ether oxygens (including phenoxy) is 1. The maximum Gasteiger partial charge on any atom is 0.329 e. The Morgan fingerprint density at radius 3 is 2.51 bits per heavy atom. The molecular weight excluding hydrogens is 487 g/mol. The third-order valence-corrected chi connectivity index (χ3v) is 6.83. The molecule has 6 nitrogen and oxygen atoms in total. The van der Waals surface area contributed by atoms with Crippen LogP contribution in [0.25, 0.3) is 0 Å². The smallest absolute Gasteiger partial charge is 0.329 e. The van der Waals surface area contributed by atoms with E-state index in [2.05, 4.69) is 4.98 Å². The van der Waals surface area contributed by atoms with Crippen molar-refractivity contribution >= 4 is 41.4 Å². The lowest BCUT2D eigenvalue weighted by Gasteiger charge is -2.50. The SMILES string of the molecule is CCC(C(=O)OC(C)(C)C)N1C(=O)[C@@](C)(CC=O)C[C@H](c2cccc(Cl)c2)[C@H]1c1ccc(Cl)cn1. The molecule has 0 radical (unpaired) electrons. The monoisotopic (exact) mass is 518 g/mol. The summed E-state index contributed by atoms with van der Waals surface area (Å²) < 4.78 is 5.72. The van der Waals surface area contributed by atoms with Gasteiger partial charge in [0.2, 0.25) is 5.91 Å². The van der Waals surface area contributed by atoms with Gasteiger partial charge < -0.3 is 14.4 Å². The molecule has 0 saturated carbocycles. The van der Waals surface area contributed by atoms with Crippen LogP contribution in [0.3, 0.4) is 0 Å². The van der Waals surface area contributed by atoms with Crippen LogP contribution in [0.1, 0.15) is 77.1 Å². The van der Waals surface area contributed by atoms with Crippen molar-refractivity contribution in [2.45, 2.75) is 77.5 Å². The number of pyridine rings is 1. The highest BCUT2D eigenvalue weighted by Gasteiger charge is 2.53. The Morgan fingerprint density at radius 2 is 1.97 bits per heavy atom. The molecule has 8 heteroatoms. The number of likely N-dealkylation sites (tertiary alicyclic amines) is 1. The number of nitrogens with zero attached hydrogens (tertiary/aromatic N) is 2. The van der Waals surface area contributed by atoms with Crippen molar-refractivity contribution in [3.8, 4) is 0 Å². The summed E-state index contributed by atoms with van der Waals surface area (Å²) in [5.41, 5.74) is -0.237. The van der Waals surface area contributed by atoms with Crippen molar-refractivity contribution in [1.82, 2.24) is 9.88 Å². The molecule has 2 aromatic rings. The predicted octanol–water partition coefficient (Wildman–Crippen LogP) is 6.16. The molecule has 3 rings (SSSR count). The highest BCUT2D eigenvalue weighted by atomic mass is 35.5. The number of aromatic nitrogens is 1. The molecule has 1 aliphatic heterocycles. The first-order chi connectivity index (χ1) is 16.4. The van der Waals surface area contributed by atoms with Gasteiger partial charge in [0.25, 0.3) is 0 Å². The van der Waals surface area contributed by atoms with Crippen LogP contribution in [0.2, 0.25) is 10.0 Å². The fourth-order valence-electron chi connectivity index (χ4n) is 4.80. The molecular formula is C27H32Cl2N2O4. The van der Waals surface area contributed by atoms with Gasteiger partial charge in [-0.1, -0.05) is 49.2 Å². The van der Waals surface area contributed by atoms with Gasteiger partial charge in [-0.05, 0) is 63.4 Å². The molecule has 1 unspecified atom stereocenters. The van der Waals surface area contributed by atoms with E-state index in [1.807, 2.05) is 25.1 Å². The Morgan fingerprint density at radius 1 is 1.26 bits per heavy atom. The summed E-state index contributed by atoms with van der Waals surface area (Å²) in [4.78, 5) is 45.3. The molecule has 0 spiro atoms. The van der Waals surface area contributed by atoms with Crippen LogP contribution in [-0.4, -0.2) is 39.7 Å². The van der Waals surface area contributed by atoms with Crippen molar-refractivity contribution in [1.29, 1.82) is 0 Å². The van der Waals surface area contributed by atoms with E-state index in [-0.39, 0.29) is 18.2 Å². The molecule has 0 aliphatic carbocycles. The maximum absolute atomic E-state index is 14.1. The number of benzene rings is 1. The minimum Gasteiger partial charge on any atom is -0.458 e. The van der Waals surface area contributed by atoms with E-state index in [1.54, 1.807) is 50.8 Å². The van der Waals surface area contributed by atoms with E-state index < -0.39 is 29.1 Å². The van der Waals surface area contributed by atoms with E-state index in [1.165, 1.54) is 6.20 Å². The number of rotatable bonds is 7. The summed E-state index contributed by atoms with van der Waals surface area (Å²) in [7, 11) is 0. The zero-order chi connectivity index (χ0) is 26.0. The summed E-state index contributed by atoms with van der Waals surface area (Å²) in [6.07, 6.45) is 3.05. The van der Waals surface area contributed by atoms with E-state index in [4.69, 9.17) is 27.9 Å². The number of hydrogen-bond acceptors (Lipinski definition) is 5. The largest absolute Gasteiger partial charge is 0.458 e. The number of carbonyl (C=O) groups excluding carboxylic acids is 3. The summed E-state index contributed by atoms with van der Waals surface area (Å²) in [6, 6.07) is 9.49. The van der Waals surface area contributed by atoms with Crippen LogP contribution in [-0.2, 0) is 19.1 Å². The highest BCUT2D eigenvalue weighted by Crippen LogP contribution is 2.51. The number of aldehydes is 1. The average Bonchev–Trinajstić information content (AvgIpc) is 2.77. The molecule has 1 amide bonds. The third-order valence-electron chi connectivity index (χ3n) is 6.37. The third kappa shape index (κ3) is 6.04. The summed E-state index contributed by atoms with van der Waals surface area (Å²) in [5, 5.41) is 1.02. The topological polar surface area (TPSA) is 76.6 Å². The fourth-order valence-corrected chi connectivity index (χ4v) is 5.11. The second kappa shape index (κ2) is 10.7. The lowest BCUT2D eigenvalue weighted by atomic mass is 9.67. The van der Waals surface area contributed by atoms with Gasteiger partial charge >= 0.3 is 5.97 Å². The molecule has 1 fully saturated rings. The van der Waals surface area contributed by atoms with Crippen LogP contribution in [0, 0.1) is 5.41 Å². The van der Waals surface area contributed by atoms with Crippen molar-refractivity contribution in [2.75, 3.05) is 0 Å². The molecule has 1 aliphatic rings. The van der Waals surface area contributed by atoms with Gasteiger partial charge in [0, 0.05) is 23.6 Å². The van der Waals surface area contributed by atoms with Crippen LogP contribution in [0.5, 0.6) is 0 Å². The van der Waals surface area contributed by atoms with Crippen molar-refractivity contribution in [3.05, 3.63) is 63.9 Å². The number of halogens is 2. The lowest BCUT2D eigenvalue weighted by Crippen LogP contribution is -2.58. The second-order valence-corrected chi connectivity index (χ2v) is 11.2. The van der Waals surface area contributed by atoms with Crippen LogP contribution in [0.15, 0.2) is 42.6 Å². The lowest BCUT2D eigenvalue weighted by molar-refractivity contribution is -0.174. The summed E-state index contributed by atoms with van der Waals surface area (Å²) in [6.45, 7) is 8.99. The first kappa shape index (κ1) is 27.2. The predicted molar refractivity (Wildman–Crippen MR) is 136 cm³/mol. The van der Waals surface area contributed by atoms with E-state index >= 15 is 0 Å². The molecule has 2 heterocycles. The van der Waals surface area contributed by atoms with Gasteiger partial charge in [0.15, 0.2) is 0 Å². The molecule has 35 heavy (non-hydrogen) atoms. The Bertz CT molecular complexity index is 1080. The quantitative estimate of drug-likeness (QED) is 0.324. The zero-order valence-electron chi connectivity index (χ0n) is 20.8. The van der Waals surface area contributed by atoms with Crippen LogP contribution >= 0.6 is 23.2 Å². The Balaban J connectivity index is 2.24. The average molecular weight is 519 g/mol. The van der Waals surface area contributed by atoms with Gasteiger partial charge in [0.05, 0.1) is 22.2 Å². The maximum atomic E-state index is 14.1. The summed E-state index contributed by atoms with van der Waals surface area (Å²) in [5.74, 6) is -1.05. The first-order valence-electron chi connectivity index (χ1n) is 11.8. The number of esters is 1. The minimum absolute atomic E-state index is 0.0327. The normalized spacial score (nSPS) is 23.6. The minimum atomic E-state index is -1.01. The number of hydrogen-bond donors (Lipinski definition) is 0. The Kier molecular flexibility index (Phi) is 8.28. The van der Waals surface area contributed by atoms with E-state index in [0.29, 0.717) is 28.6 Å². The molecule has 0 bridgehead atoms. The van der Waals surface area contributed by atoms with Gasteiger partial charge in [-0.2, -0.15) is 0 Å². The van der Waals surface area contributed by atoms with Crippen molar-refractivity contribution < 1.29 is 19.1 Å². The van der Waals surface area contributed by atoms with Crippen LogP contribution in [0.4, 0.5) is 0 Å². The zero-order valence-corrected chi connectivity index (χ0v) is 22.3. The van der Waals surface area contributed by atoms with Crippen molar-refractivity contribution in [2.24, 2.45) is 5.41 Å². The molecule has 1 saturated heterocycles. The van der Waals surface area contributed by atoms with E-state index in [0.717, 1.165) is 11.8 Å². The Hall–Kier alpha value is -2.44. The fraction of sp³-hybridized carbons (Fsp3) is 0.481. The second-order valence-electron chi connectivity index (χ2n) is 10.3. The molecule has 4 atom stereocenters. The Labute approximate surface area is 217 Å². The molecule has 1 aromatic carbocycles. The molecule has 188 valence electrons. The number of carbonyl (C=O) groups is 3. The number of amides is 1. The standard InChI is InChI=1S/C27H32Cl2N2O4/c1-6-22(24(33)35-26(2,3)4)31-23(21-11-10-19(29)16-30-21)20(17-8-7-9-18(28)14-17)15-27(5,12-13-32)25(31)34/h7-11,13-14,16,20,22-23H,6,12,15H2,1-5H3/t20-,22?,23+,27+/m1/s1. The van der Waals surface area contributed by atoms with Crippen LogP contribution < -0.4 is 0 Å².